The van der Waals surface area contributed by atoms with Crippen LogP contribution in [0.25, 0.3) is 0 Å². The van der Waals surface area contributed by atoms with Crippen molar-refractivity contribution in [2.75, 3.05) is 19.8 Å². The zero-order valence-electron chi connectivity index (χ0n) is 19.9. The molecule has 0 aromatic heterocycles. The van der Waals surface area contributed by atoms with E-state index in [4.69, 9.17) is 9.47 Å². The largest absolute Gasteiger partial charge is 0.490 e. The molecular formula is C26H36N2O4. The molecule has 2 aromatic carbocycles. The fraction of sp³-hybridized carbons (Fsp3) is 0.462. The first-order valence-corrected chi connectivity index (χ1v) is 11.4. The number of ether oxygens (including phenoxy) is 2. The van der Waals surface area contributed by atoms with Gasteiger partial charge in [0, 0.05) is 19.5 Å². The van der Waals surface area contributed by atoms with Crippen molar-refractivity contribution in [1.29, 1.82) is 0 Å². The number of carbonyl (C=O) groups excluding carboxylic acids is 2. The van der Waals surface area contributed by atoms with Crippen LogP contribution in [0.4, 0.5) is 0 Å². The Labute approximate surface area is 191 Å². The Morgan fingerprint density at radius 1 is 0.938 bits per heavy atom. The maximum absolute atomic E-state index is 13.2. The number of benzene rings is 2. The summed E-state index contributed by atoms with van der Waals surface area (Å²) in [6, 6.07) is 13.3. The van der Waals surface area contributed by atoms with Gasteiger partial charge in [0.05, 0.1) is 13.2 Å². The Hall–Kier alpha value is -3.02. The van der Waals surface area contributed by atoms with E-state index in [0.29, 0.717) is 50.6 Å². The molecule has 0 aliphatic rings. The highest BCUT2D eigenvalue weighted by molar-refractivity contribution is 5.87. The van der Waals surface area contributed by atoms with Crippen LogP contribution in [0.2, 0.25) is 0 Å². The Kier molecular flexibility index (Phi) is 10.1. The number of hydrogen-bond donors (Lipinski definition) is 1. The van der Waals surface area contributed by atoms with Gasteiger partial charge in [0.1, 0.15) is 6.04 Å². The van der Waals surface area contributed by atoms with Crippen molar-refractivity contribution < 1.29 is 19.1 Å². The van der Waals surface area contributed by atoms with Crippen molar-refractivity contribution >= 4 is 11.8 Å². The van der Waals surface area contributed by atoms with E-state index in [0.717, 1.165) is 16.7 Å². The molecule has 0 aliphatic heterocycles. The van der Waals surface area contributed by atoms with Crippen molar-refractivity contribution in [1.82, 2.24) is 10.2 Å². The van der Waals surface area contributed by atoms with E-state index in [1.54, 1.807) is 11.8 Å². The van der Waals surface area contributed by atoms with Crippen LogP contribution in [0.15, 0.2) is 42.5 Å². The summed E-state index contributed by atoms with van der Waals surface area (Å²) in [6.07, 6.45) is 0.854. The van der Waals surface area contributed by atoms with Crippen LogP contribution in [-0.4, -0.2) is 42.5 Å². The minimum absolute atomic E-state index is 0.0591. The zero-order valence-corrected chi connectivity index (χ0v) is 19.9. The van der Waals surface area contributed by atoms with Gasteiger partial charge in [0.2, 0.25) is 11.8 Å². The average Bonchev–Trinajstić information content (AvgIpc) is 2.78. The predicted octanol–water partition coefficient (Wildman–Crippen LogP) is 4.28. The fourth-order valence-electron chi connectivity index (χ4n) is 3.44. The van der Waals surface area contributed by atoms with Crippen LogP contribution in [-0.2, 0) is 22.6 Å². The Morgan fingerprint density at radius 3 is 2.19 bits per heavy atom. The molecule has 2 aromatic rings. The number of likely N-dealkylation sites (N-methyl/N-ethyl adjacent to an activating group) is 1. The summed E-state index contributed by atoms with van der Waals surface area (Å²) in [5, 5.41) is 2.83. The monoisotopic (exact) mass is 440 g/mol. The van der Waals surface area contributed by atoms with Gasteiger partial charge in [0.25, 0.3) is 0 Å². The van der Waals surface area contributed by atoms with Crippen LogP contribution < -0.4 is 14.8 Å². The quantitative estimate of drug-likeness (QED) is 0.535. The van der Waals surface area contributed by atoms with Crippen LogP contribution in [0, 0.1) is 6.92 Å². The second-order valence-electron chi connectivity index (χ2n) is 7.72. The van der Waals surface area contributed by atoms with Crippen molar-refractivity contribution in [2.24, 2.45) is 0 Å². The Balaban J connectivity index is 2.15. The molecule has 0 spiro atoms. The van der Waals surface area contributed by atoms with Crippen LogP contribution >= 0.6 is 0 Å². The van der Waals surface area contributed by atoms with Gasteiger partial charge in [-0.1, -0.05) is 35.9 Å². The molecule has 1 atom stereocenters. The molecule has 0 fully saturated rings. The van der Waals surface area contributed by atoms with E-state index >= 15 is 0 Å². The molecule has 0 saturated carbocycles. The maximum Gasteiger partial charge on any atom is 0.242 e. The highest BCUT2D eigenvalue weighted by atomic mass is 16.5. The Morgan fingerprint density at radius 2 is 1.56 bits per heavy atom. The normalized spacial score (nSPS) is 11.5. The first-order valence-electron chi connectivity index (χ1n) is 11.4. The number of amides is 2. The molecule has 6 nitrogen and oxygen atoms in total. The lowest BCUT2D eigenvalue weighted by Crippen LogP contribution is -2.47. The van der Waals surface area contributed by atoms with E-state index in [-0.39, 0.29) is 11.8 Å². The molecule has 0 radical (unpaired) electrons. The van der Waals surface area contributed by atoms with Gasteiger partial charge in [-0.15, -0.1) is 0 Å². The lowest BCUT2D eigenvalue weighted by molar-refractivity contribution is -0.140. The third-order valence-electron chi connectivity index (χ3n) is 5.23. The molecule has 0 aliphatic carbocycles. The molecule has 1 unspecified atom stereocenters. The third-order valence-corrected chi connectivity index (χ3v) is 5.23. The summed E-state index contributed by atoms with van der Waals surface area (Å²) < 4.78 is 11.3. The summed E-state index contributed by atoms with van der Waals surface area (Å²) in [6.45, 7) is 11.6. The predicted molar refractivity (Wildman–Crippen MR) is 127 cm³/mol. The molecule has 32 heavy (non-hydrogen) atoms. The van der Waals surface area contributed by atoms with E-state index in [1.165, 1.54) is 0 Å². The van der Waals surface area contributed by atoms with Crippen molar-refractivity contribution in [3.05, 3.63) is 59.2 Å². The van der Waals surface area contributed by atoms with Crippen molar-refractivity contribution in [3.8, 4) is 11.5 Å². The summed E-state index contributed by atoms with van der Waals surface area (Å²) in [4.78, 5) is 27.4. The minimum Gasteiger partial charge on any atom is -0.490 e. The molecule has 0 bridgehead atoms. The first kappa shape index (κ1) is 25.2. The maximum atomic E-state index is 13.2. The SMILES string of the molecule is CCNC(=O)C(C)N(Cc1ccc(C)cc1)C(=O)CCc1ccc(OCC)c(OCC)c1. The van der Waals surface area contributed by atoms with Gasteiger partial charge in [-0.2, -0.15) is 0 Å². The van der Waals surface area contributed by atoms with Crippen molar-refractivity contribution in [3.63, 3.8) is 0 Å². The zero-order chi connectivity index (χ0) is 23.5. The second kappa shape index (κ2) is 12.7. The van der Waals surface area contributed by atoms with E-state index in [1.807, 2.05) is 70.2 Å². The van der Waals surface area contributed by atoms with Crippen LogP contribution in [0.5, 0.6) is 11.5 Å². The highest BCUT2D eigenvalue weighted by Crippen LogP contribution is 2.29. The van der Waals surface area contributed by atoms with Gasteiger partial charge in [-0.3, -0.25) is 9.59 Å². The summed E-state index contributed by atoms with van der Waals surface area (Å²) in [7, 11) is 0. The molecule has 1 N–H and O–H groups in total. The lowest BCUT2D eigenvalue weighted by atomic mass is 10.1. The lowest BCUT2D eigenvalue weighted by Gasteiger charge is -2.29. The van der Waals surface area contributed by atoms with Gasteiger partial charge in [-0.25, -0.2) is 0 Å². The van der Waals surface area contributed by atoms with E-state index < -0.39 is 6.04 Å². The standard InChI is InChI=1S/C26H36N2O4/c1-6-27-26(30)20(5)28(18-22-11-9-19(4)10-12-22)25(29)16-14-21-13-15-23(31-7-2)24(17-21)32-8-3/h9-13,15,17,20H,6-8,14,16,18H2,1-5H3,(H,27,30). The average molecular weight is 441 g/mol. The summed E-state index contributed by atoms with van der Waals surface area (Å²) in [5.74, 6) is 1.19. The van der Waals surface area contributed by atoms with E-state index in [9.17, 15) is 9.59 Å². The first-order chi connectivity index (χ1) is 15.4. The molecule has 2 amide bonds. The molecule has 174 valence electrons. The number of nitrogens with zero attached hydrogens (tertiary/aromatic N) is 1. The minimum atomic E-state index is -0.553. The number of hydrogen-bond acceptors (Lipinski definition) is 4. The van der Waals surface area contributed by atoms with Gasteiger partial charge >= 0.3 is 0 Å². The van der Waals surface area contributed by atoms with Crippen LogP contribution in [0.1, 0.15) is 50.8 Å². The second-order valence-corrected chi connectivity index (χ2v) is 7.72. The molecule has 0 saturated heterocycles. The number of carbonyl (C=O) groups is 2. The fourth-order valence-corrected chi connectivity index (χ4v) is 3.44. The van der Waals surface area contributed by atoms with Gasteiger partial charge < -0.3 is 19.7 Å². The van der Waals surface area contributed by atoms with Gasteiger partial charge in [0.15, 0.2) is 11.5 Å². The molecule has 6 heteroatoms. The van der Waals surface area contributed by atoms with Gasteiger partial charge in [-0.05, 0) is 64.3 Å². The summed E-state index contributed by atoms with van der Waals surface area (Å²) >= 11 is 0. The van der Waals surface area contributed by atoms with E-state index in [2.05, 4.69) is 5.32 Å². The Bertz CT molecular complexity index is 880. The van der Waals surface area contributed by atoms with Crippen molar-refractivity contribution in [2.45, 2.75) is 60.0 Å². The smallest absolute Gasteiger partial charge is 0.242 e. The number of rotatable bonds is 12. The van der Waals surface area contributed by atoms with Crippen LogP contribution in [0.3, 0.4) is 0 Å². The molecular weight excluding hydrogens is 404 g/mol. The summed E-state index contributed by atoms with van der Waals surface area (Å²) in [5.41, 5.74) is 3.15. The number of nitrogens with one attached hydrogen (secondary N) is 1. The molecule has 0 heterocycles. The third kappa shape index (κ3) is 7.29. The topological polar surface area (TPSA) is 67.9 Å². The number of aryl methyl sites for hydroxylation is 2. The molecule has 2 rings (SSSR count). The highest BCUT2D eigenvalue weighted by Gasteiger charge is 2.25.